The van der Waals surface area contributed by atoms with Crippen LogP contribution in [0.1, 0.15) is 25.3 Å². The van der Waals surface area contributed by atoms with E-state index in [0.29, 0.717) is 5.56 Å². The Kier molecular flexibility index (Phi) is 5.26. The first-order chi connectivity index (χ1) is 13.1. The molecule has 0 saturated carbocycles. The second kappa shape index (κ2) is 7.81. The Morgan fingerprint density at radius 3 is 3.00 bits per heavy atom. The molecule has 2 aromatic rings. The number of aliphatic hydroxyl groups excluding tert-OH is 1. The number of hydrogen-bond donors (Lipinski definition) is 1. The third kappa shape index (κ3) is 3.91. The Balaban J connectivity index is 1.57. The fraction of sp³-hybridized carbons (Fsp3) is 0.524. The maximum absolute atomic E-state index is 9.93. The van der Waals surface area contributed by atoms with Gasteiger partial charge in [-0.2, -0.15) is 5.26 Å². The van der Waals surface area contributed by atoms with Gasteiger partial charge in [-0.15, -0.1) is 0 Å². The number of benzene rings is 1. The fourth-order valence-electron chi connectivity index (χ4n) is 4.35. The summed E-state index contributed by atoms with van der Waals surface area (Å²) >= 11 is 0. The molecule has 2 aliphatic heterocycles. The Labute approximate surface area is 160 Å². The summed E-state index contributed by atoms with van der Waals surface area (Å²) < 4.78 is 6.20. The number of nitrogens with zero attached hydrogens (tertiary/aromatic N) is 4. The van der Waals surface area contributed by atoms with Gasteiger partial charge in [0.25, 0.3) is 0 Å². The van der Waals surface area contributed by atoms with E-state index in [0.717, 1.165) is 62.2 Å². The highest BCUT2D eigenvalue weighted by atomic mass is 16.5. The Bertz CT molecular complexity index is 850. The number of ether oxygens (including phenoxy) is 1. The predicted octanol–water partition coefficient (Wildman–Crippen LogP) is 2.16. The first-order valence-corrected chi connectivity index (χ1v) is 9.72. The molecule has 2 saturated heterocycles. The SMILES string of the molecule is C[C@@H]1CN(c2ccc(C#N)c3ncccc23)C[C@H](CN2CCCC(O)C2)O1. The Morgan fingerprint density at radius 1 is 1.30 bits per heavy atom. The van der Waals surface area contributed by atoms with Gasteiger partial charge in [-0.25, -0.2) is 0 Å². The standard InChI is InChI=1S/C21H26N4O2/c1-15-11-25(14-18(27-15)13-24-9-3-4-17(26)12-24)20-7-6-16(10-22)21-19(20)5-2-8-23-21/h2,5-8,15,17-18,26H,3-4,9,11-14H2,1H3/t15-,17?,18+/m1/s1. The van der Waals surface area contributed by atoms with Gasteiger partial charge in [0.05, 0.1) is 29.4 Å². The molecule has 4 rings (SSSR count). The van der Waals surface area contributed by atoms with Crippen LogP contribution in [0.3, 0.4) is 0 Å². The molecule has 2 aliphatic rings. The van der Waals surface area contributed by atoms with Crippen LogP contribution >= 0.6 is 0 Å². The Morgan fingerprint density at radius 2 is 2.19 bits per heavy atom. The first kappa shape index (κ1) is 18.2. The molecule has 1 N–H and O–H groups in total. The maximum atomic E-state index is 9.93. The van der Waals surface area contributed by atoms with Gasteiger partial charge in [0.15, 0.2) is 0 Å². The van der Waals surface area contributed by atoms with Crippen LogP contribution in [0.2, 0.25) is 0 Å². The number of aromatic nitrogens is 1. The van der Waals surface area contributed by atoms with Gasteiger partial charge in [0, 0.05) is 43.4 Å². The highest BCUT2D eigenvalue weighted by Gasteiger charge is 2.29. The number of likely N-dealkylation sites (tertiary alicyclic amines) is 1. The smallest absolute Gasteiger partial charge is 0.101 e. The topological polar surface area (TPSA) is 72.6 Å². The monoisotopic (exact) mass is 366 g/mol. The van der Waals surface area contributed by atoms with E-state index in [-0.39, 0.29) is 18.3 Å². The lowest BCUT2D eigenvalue weighted by atomic mass is 10.1. The van der Waals surface area contributed by atoms with Crippen molar-refractivity contribution in [2.24, 2.45) is 0 Å². The second-order valence-corrected chi connectivity index (χ2v) is 7.67. The van der Waals surface area contributed by atoms with Gasteiger partial charge in [0.2, 0.25) is 0 Å². The van der Waals surface area contributed by atoms with Crippen molar-refractivity contribution in [3.8, 4) is 6.07 Å². The van der Waals surface area contributed by atoms with E-state index >= 15 is 0 Å². The third-order valence-electron chi connectivity index (χ3n) is 5.48. The summed E-state index contributed by atoms with van der Waals surface area (Å²) in [5, 5.41) is 20.3. The van der Waals surface area contributed by atoms with Crippen LogP contribution < -0.4 is 4.90 Å². The van der Waals surface area contributed by atoms with E-state index in [9.17, 15) is 10.4 Å². The van der Waals surface area contributed by atoms with E-state index in [4.69, 9.17) is 4.74 Å². The van der Waals surface area contributed by atoms with Crippen molar-refractivity contribution in [1.82, 2.24) is 9.88 Å². The minimum atomic E-state index is -0.218. The summed E-state index contributed by atoms with van der Waals surface area (Å²) in [7, 11) is 0. The van der Waals surface area contributed by atoms with Crippen LogP contribution in [0.5, 0.6) is 0 Å². The van der Waals surface area contributed by atoms with Gasteiger partial charge in [-0.05, 0) is 50.6 Å². The molecule has 0 radical (unpaired) electrons. The van der Waals surface area contributed by atoms with Crippen LogP contribution in [0, 0.1) is 11.3 Å². The summed E-state index contributed by atoms with van der Waals surface area (Å²) in [5.74, 6) is 0. The Hall–Kier alpha value is -2.20. The molecule has 0 aliphatic carbocycles. The molecule has 0 spiro atoms. The molecule has 6 heteroatoms. The molecule has 1 aromatic carbocycles. The number of nitriles is 1. The highest BCUT2D eigenvalue weighted by molar-refractivity contribution is 5.95. The predicted molar refractivity (Wildman–Crippen MR) is 105 cm³/mol. The van der Waals surface area contributed by atoms with Crippen LogP contribution in [0.4, 0.5) is 5.69 Å². The number of morpholine rings is 1. The third-order valence-corrected chi connectivity index (χ3v) is 5.48. The molecular formula is C21H26N4O2. The molecular weight excluding hydrogens is 340 g/mol. The average molecular weight is 366 g/mol. The quantitative estimate of drug-likeness (QED) is 0.897. The zero-order chi connectivity index (χ0) is 18.8. The molecule has 0 bridgehead atoms. The number of piperidine rings is 1. The van der Waals surface area contributed by atoms with E-state index < -0.39 is 0 Å². The normalized spacial score (nSPS) is 26.9. The number of β-amino-alcohol motifs (C(OH)–C–C–N with tert-alkyl or cyclic N) is 1. The summed E-state index contributed by atoms with van der Waals surface area (Å²) in [4.78, 5) is 9.10. The molecule has 3 heterocycles. The van der Waals surface area contributed by atoms with Crippen molar-refractivity contribution in [1.29, 1.82) is 5.26 Å². The zero-order valence-corrected chi connectivity index (χ0v) is 15.7. The number of pyridine rings is 1. The summed E-state index contributed by atoms with van der Waals surface area (Å²) in [5.41, 5.74) is 2.47. The molecule has 1 unspecified atom stereocenters. The lowest BCUT2D eigenvalue weighted by molar-refractivity contribution is -0.0426. The van der Waals surface area contributed by atoms with Crippen LogP contribution in [0.15, 0.2) is 30.5 Å². The van der Waals surface area contributed by atoms with E-state index in [2.05, 4.69) is 27.8 Å². The maximum Gasteiger partial charge on any atom is 0.101 e. The molecule has 27 heavy (non-hydrogen) atoms. The minimum absolute atomic E-state index is 0.0985. The second-order valence-electron chi connectivity index (χ2n) is 7.67. The lowest BCUT2D eigenvalue weighted by Crippen LogP contribution is -2.52. The van der Waals surface area contributed by atoms with E-state index in [1.54, 1.807) is 6.20 Å². The van der Waals surface area contributed by atoms with Crippen molar-refractivity contribution < 1.29 is 9.84 Å². The first-order valence-electron chi connectivity index (χ1n) is 9.72. The van der Waals surface area contributed by atoms with Gasteiger partial charge < -0.3 is 14.7 Å². The molecule has 1 aromatic heterocycles. The van der Waals surface area contributed by atoms with Crippen LogP contribution in [-0.4, -0.2) is 66.0 Å². The number of fused-ring (bicyclic) bond motifs is 1. The summed E-state index contributed by atoms with van der Waals surface area (Å²) in [6.45, 7) is 6.31. The largest absolute Gasteiger partial charge is 0.392 e. The molecule has 3 atom stereocenters. The fourth-order valence-corrected chi connectivity index (χ4v) is 4.35. The van der Waals surface area contributed by atoms with Gasteiger partial charge >= 0.3 is 0 Å². The lowest BCUT2D eigenvalue weighted by Gasteiger charge is -2.41. The van der Waals surface area contributed by atoms with Gasteiger partial charge in [-0.3, -0.25) is 9.88 Å². The van der Waals surface area contributed by atoms with E-state index in [1.165, 1.54) is 0 Å². The van der Waals surface area contributed by atoms with Gasteiger partial charge in [-0.1, -0.05) is 0 Å². The molecule has 2 fully saturated rings. The summed E-state index contributed by atoms with van der Waals surface area (Å²) in [6, 6.07) is 10.1. The zero-order valence-electron chi connectivity index (χ0n) is 15.7. The van der Waals surface area contributed by atoms with Crippen molar-refractivity contribution >= 4 is 16.6 Å². The van der Waals surface area contributed by atoms with Crippen molar-refractivity contribution in [2.75, 3.05) is 37.6 Å². The summed E-state index contributed by atoms with van der Waals surface area (Å²) in [6.07, 6.45) is 3.68. The van der Waals surface area contributed by atoms with E-state index in [1.807, 2.05) is 24.3 Å². The number of rotatable bonds is 3. The molecule has 6 nitrogen and oxygen atoms in total. The number of hydrogen-bond acceptors (Lipinski definition) is 6. The van der Waals surface area contributed by atoms with Crippen LogP contribution in [0.25, 0.3) is 10.9 Å². The van der Waals surface area contributed by atoms with Gasteiger partial charge in [0.1, 0.15) is 6.07 Å². The minimum Gasteiger partial charge on any atom is -0.392 e. The average Bonchev–Trinajstić information content (AvgIpc) is 2.66. The number of anilines is 1. The number of aliphatic hydroxyl groups is 1. The molecule has 0 amide bonds. The molecule has 142 valence electrons. The van der Waals surface area contributed by atoms with Crippen LogP contribution in [-0.2, 0) is 4.74 Å². The van der Waals surface area contributed by atoms with Crippen molar-refractivity contribution in [3.05, 3.63) is 36.0 Å². The van der Waals surface area contributed by atoms with Crippen molar-refractivity contribution in [2.45, 2.75) is 38.1 Å². The highest BCUT2D eigenvalue weighted by Crippen LogP contribution is 2.30. The van der Waals surface area contributed by atoms with Crippen molar-refractivity contribution in [3.63, 3.8) is 0 Å².